The van der Waals surface area contributed by atoms with E-state index < -0.39 is 30.3 Å². The van der Waals surface area contributed by atoms with E-state index in [4.69, 9.17) is 31.2 Å². The van der Waals surface area contributed by atoms with Gasteiger partial charge in [0, 0.05) is 12.6 Å². The Balaban J connectivity index is 0.000000592. The largest absolute Gasteiger partial charge is 0.490 e. The number of alkyl halides is 3. The Bertz CT molecular complexity index is 855. The molecule has 0 aromatic heterocycles. The van der Waals surface area contributed by atoms with Gasteiger partial charge in [-0.25, -0.2) is 9.79 Å². The fourth-order valence-corrected chi connectivity index (χ4v) is 2.86. The lowest BCUT2D eigenvalue weighted by Crippen LogP contribution is -2.42. The Morgan fingerprint density at radius 2 is 1.90 bits per heavy atom. The number of hydrogen-bond acceptors (Lipinski definition) is 5. The molecule has 13 heteroatoms. The maximum atomic E-state index is 12.5. The van der Waals surface area contributed by atoms with Gasteiger partial charge in [0.1, 0.15) is 5.75 Å². The second-order valence-electron chi connectivity index (χ2n) is 6.45. The molecule has 2 unspecified atom stereocenters. The van der Waals surface area contributed by atoms with Crippen LogP contribution in [0.3, 0.4) is 0 Å². The highest BCUT2D eigenvalue weighted by Gasteiger charge is 2.38. The van der Waals surface area contributed by atoms with E-state index in [-0.39, 0.29) is 18.3 Å². The van der Waals surface area contributed by atoms with Crippen molar-refractivity contribution in [1.82, 2.24) is 0 Å². The second-order valence-corrected chi connectivity index (χ2v) is 6.45. The van der Waals surface area contributed by atoms with Crippen molar-refractivity contribution in [2.75, 3.05) is 11.4 Å². The first-order chi connectivity index (χ1) is 14.3. The molecule has 2 rings (SSSR count). The van der Waals surface area contributed by atoms with Gasteiger partial charge in [0.2, 0.25) is 5.91 Å². The van der Waals surface area contributed by atoms with Crippen molar-refractivity contribution < 1.29 is 42.5 Å². The van der Waals surface area contributed by atoms with Crippen molar-refractivity contribution in [3.8, 4) is 5.75 Å². The van der Waals surface area contributed by atoms with Gasteiger partial charge in [0.15, 0.2) is 12.2 Å². The van der Waals surface area contributed by atoms with Crippen LogP contribution in [0.1, 0.15) is 25.8 Å². The van der Waals surface area contributed by atoms with Crippen LogP contribution in [0, 0.1) is 5.92 Å². The predicted molar refractivity (Wildman–Crippen MR) is 104 cm³/mol. The van der Waals surface area contributed by atoms with E-state index in [0.717, 1.165) is 11.3 Å². The first-order valence-electron chi connectivity index (χ1n) is 8.97. The number of carboxylic acid groups (broad SMARTS) is 2. The number of carboxylic acids is 2. The zero-order valence-electron chi connectivity index (χ0n) is 16.7. The summed E-state index contributed by atoms with van der Waals surface area (Å²) in [6.07, 6.45) is -5.41. The van der Waals surface area contributed by atoms with Gasteiger partial charge in [-0.1, -0.05) is 6.07 Å². The topological polar surface area (TPSA) is 169 Å². The van der Waals surface area contributed by atoms with Gasteiger partial charge >= 0.3 is 18.1 Å². The van der Waals surface area contributed by atoms with Crippen molar-refractivity contribution in [2.24, 2.45) is 22.4 Å². The molecule has 1 aromatic carbocycles. The van der Waals surface area contributed by atoms with Gasteiger partial charge in [-0.05, 0) is 31.9 Å². The van der Waals surface area contributed by atoms with E-state index in [1.165, 1.54) is 0 Å². The summed E-state index contributed by atoms with van der Waals surface area (Å²) in [6, 6.07) is 5.36. The number of hydrogen-bond donors (Lipinski definition) is 4. The van der Waals surface area contributed by atoms with E-state index in [2.05, 4.69) is 4.99 Å². The summed E-state index contributed by atoms with van der Waals surface area (Å²) >= 11 is 0. The summed E-state index contributed by atoms with van der Waals surface area (Å²) in [7, 11) is 0. The molecule has 1 aliphatic heterocycles. The first kappa shape index (κ1) is 25.5. The molecule has 1 heterocycles. The number of aliphatic carboxylic acids is 2. The molecule has 0 saturated carbocycles. The predicted octanol–water partition coefficient (Wildman–Crippen LogP) is 1.32. The van der Waals surface area contributed by atoms with Gasteiger partial charge in [-0.15, -0.1) is 0 Å². The Morgan fingerprint density at radius 1 is 1.32 bits per heavy atom. The molecule has 0 aliphatic carbocycles. The Labute approximate surface area is 175 Å². The molecular formula is C18H23F3N4O6. The van der Waals surface area contributed by atoms with Gasteiger partial charge in [0.05, 0.1) is 18.0 Å². The van der Waals surface area contributed by atoms with E-state index in [1.807, 2.05) is 13.0 Å². The molecule has 1 aliphatic rings. The normalized spacial score (nSPS) is 16.4. The third-order valence-corrected chi connectivity index (χ3v) is 4.05. The average Bonchev–Trinajstić information content (AvgIpc) is 2.61. The fourth-order valence-electron chi connectivity index (χ4n) is 2.86. The molecule has 1 aromatic rings. The quantitative estimate of drug-likeness (QED) is 0.373. The molecule has 2 atom stereocenters. The molecule has 0 fully saturated rings. The number of fused-ring (bicyclic) bond motifs is 1. The number of halogens is 3. The number of amides is 1. The highest BCUT2D eigenvalue weighted by atomic mass is 19.4. The summed E-state index contributed by atoms with van der Waals surface area (Å²) in [4.78, 5) is 37.8. The third-order valence-electron chi connectivity index (χ3n) is 4.05. The number of carbonyl (C=O) groups is 3. The van der Waals surface area contributed by atoms with E-state index in [1.54, 1.807) is 24.0 Å². The Kier molecular flexibility index (Phi) is 8.64. The standard InChI is InChI=1S/C16H22N4O4.C2HF3O2/c1-3-20-13-8-12(24-9(2)19-16(17)18)5-4-10(13)6-11(15(20)23)7-14(21)22;3-2(4,5)1(6)7/h4-5,8-9,11H,3,6-7H2,1-2H3,(H,21,22)(H4,17,18,19);(H,6,7). The minimum Gasteiger partial charge on any atom is -0.481 e. The zero-order valence-corrected chi connectivity index (χ0v) is 16.7. The fraction of sp³-hybridized carbons (Fsp3) is 0.444. The van der Waals surface area contributed by atoms with Crippen molar-refractivity contribution in [1.29, 1.82) is 0 Å². The van der Waals surface area contributed by atoms with Crippen LogP contribution in [0.25, 0.3) is 0 Å². The van der Waals surface area contributed by atoms with Crippen molar-refractivity contribution in [3.05, 3.63) is 23.8 Å². The monoisotopic (exact) mass is 448 g/mol. The maximum absolute atomic E-state index is 12.5. The Morgan fingerprint density at radius 3 is 2.35 bits per heavy atom. The van der Waals surface area contributed by atoms with E-state index >= 15 is 0 Å². The Hall–Kier alpha value is -3.51. The van der Waals surface area contributed by atoms with Crippen LogP contribution in [-0.4, -0.2) is 53.0 Å². The minimum absolute atomic E-state index is 0.0673. The number of aliphatic imine (C=N–C) groups is 1. The average molecular weight is 448 g/mol. The third kappa shape index (κ3) is 7.68. The van der Waals surface area contributed by atoms with Crippen LogP contribution in [0.2, 0.25) is 0 Å². The SMILES string of the molecule is CCN1C(=O)C(CC(=O)O)Cc2ccc(OC(C)N=C(N)N)cc21.O=C(O)C(F)(F)F. The molecule has 172 valence electrons. The number of guanidine groups is 1. The van der Waals surface area contributed by atoms with Gasteiger partial charge in [-0.2, -0.15) is 13.2 Å². The van der Waals surface area contributed by atoms with Crippen LogP contribution < -0.4 is 21.1 Å². The highest BCUT2D eigenvalue weighted by molar-refractivity contribution is 5.99. The number of nitrogens with zero attached hydrogens (tertiary/aromatic N) is 2. The number of carbonyl (C=O) groups excluding carboxylic acids is 1. The number of ether oxygens (including phenoxy) is 1. The summed E-state index contributed by atoms with van der Waals surface area (Å²) in [6.45, 7) is 4.00. The van der Waals surface area contributed by atoms with E-state index in [0.29, 0.717) is 18.7 Å². The van der Waals surface area contributed by atoms with Crippen molar-refractivity contribution in [3.63, 3.8) is 0 Å². The lowest BCUT2D eigenvalue weighted by molar-refractivity contribution is -0.192. The van der Waals surface area contributed by atoms with Crippen LogP contribution in [0.4, 0.5) is 18.9 Å². The molecule has 0 spiro atoms. The second kappa shape index (κ2) is 10.5. The number of anilines is 1. The molecule has 1 amide bonds. The highest BCUT2D eigenvalue weighted by Crippen LogP contribution is 2.35. The lowest BCUT2D eigenvalue weighted by Gasteiger charge is -2.33. The van der Waals surface area contributed by atoms with Gasteiger partial charge in [-0.3, -0.25) is 9.59 Å². The zero-order chi connectivity index (χ0) is 23.9. The van der Waals surface area contributed by atoms with Crippen LogP contribution in [0.15, 0.2) is 23.2 Å². The molecule has 31 heavy (non-hydrogen) atoms. The molecular weight excluding hydrogens is 425 g/mol. The molecule has 0 radical (unpaired) electrons. The smallest absolute Gasteiger partial charge is 0.481 e. The van der Waals surface area contributed by atoms with Gasteiger partial charge < -0.3 is 31.3 Å². The van der Waals surface area contributed by atoms with E-state index in [9.17, 15) is 22.8 Å². The lowest BCUT2D eigenvalue weighted by atomic mass is 9.89. The summed E-state index contributed by atoms with van der Waals surface area (Å²) in [5.74, 6) is -3.98. The molecule has 0 saturated heterocycles. The number of benzene rings is 1. The van der Waals surface area contributed by atoms with Crippen LogP contribution in [-0.2, 0) is 20.8 Å². The summed E-state index contributed by atoms with van der Waals surface area (Å²) in [5, 5.41) is 16.1. The maximum Gasteiger partial charge on any atom is 0.490 e. The number of nitrogens with two attached hydrogens (primary N) is 2. The van der Waals surface area contributed by atoms with Crippen LogP contribution >= 0.6 is 0 Å². The number of rotatable bonds is 6. The molecule has 0 bridgehead atoms. The molecule has 6 N–H and O–H groups in total. The van der Waals surface area contributed by atoms with Crippen molar-refractivity contribution in [2.45, 2.75) is 39.1 Å². The summed E-state index contributed by atoms with van der Waals surface area (Å²) < 4.78 is 37.4. The first-order valence-corrected chi connectivity index (χ1v) is 8.97. The van der Waals surface area contributed by atoms with Gasteiger partial charge in [0.25, 0.3) is 0 Å². The van der Waals surface area contributed by atoms with Crippen molar-refractivity contribution >= 4 is 29.5 Å². The van der Waals surface area contributed by atoms with Crippen LogP contribution in [0.5, 0.6) is 5.75 Å². The molecule has 10 nitrogen and oxygen atoms in total. The minimum atomic E-state index is -5.08. The summed E-state index contributed by atoms with van der Waals surface area (Å²) in [5.41, 5.74) is 12.3.